The fraction of sp³-hybridized carbons (Fsp3) is 0.333. The zero-order valence-corrected chi connectivity index (χ0v) is 11.3. The summed E-state index contributed by atoms with van der Waals surface area (Å²) in [6, 6.07) is 5.60. The van der Waals surface area contributed by atoms with Crippen LogP contribution in [0.3, 0.4) is 0 Å². The van der Waals surface area contributed by atoms with E-state index in [1.54, 1.807) is 6.21 Å². The third kappa shape index (κ3) is 2.84. The summed E-state index contributed by atoms with van der Waals surface area (Å²) in [6.45, 7) is 0. The zero-order chi connectivity index (χ0) is 14.8. The van der Waals surface area contributed by atoms with E-state index in [1.165, 1.54) is 30.7 Å². The number of carbonyl (C=O) groups is 1. The number of amides is 1. The summed E-state index contributed by atoms with van der Waals surface area (Å²) in [5.41, 5.74) is 2.56. The Kier molecular flexibility index (Phi) is 3.51. The van der Waals surface area contributed by atoms with Crippen LogP contribution in [0.1, 0.15) is 23.2 Å². The largest absolute Gasteiger partial charge is 0.271 e. The van der Waals surface area contributed by atoms with E-state index in [9.17, 15) is 14.9 Å². The molecule has 0 aromatic heterocycles. The molecule has 3 unspecified atom stereocenters. The molecular weight excluding hydrogens is 270 g/mol. The van der Waals surface area contributed by atoms with Crippen molar-refractivity contribution < 1.29 is 9.72 Å². The third-order valence-electron chi connectivity index (χ3n) is 4.08. The van der Waals surface area contributed by atoms with Crippen LogP contribution >= 0.6 is 0 Å². The summed E-state index contributed by atoms with van der Waals surface area (Å²) < 4.78 is 0. The molecule has 1 amide bonds. The van der Waals surface area contributed by atoms with Gasteiger partial charge in [-0.05, 0) is 30.7 Å². The molecule has 1 saturated carbocycles. The molecule has 0 radical (unpaired) electrons. The average Bonchev–Trinajstić information content (AvgIpc) is 3.10. The Morgan fingerprint density at radius 3 is 2.90 bits per heavy atom. The molecule has 3 rings (SSSR count). The molecule has 21 heavy (non-hydrogen) atoms. The van der Waals surface area contributed by atoms with Gasteiger partial charge in [-0.1, -0.05) is 18.2 Å². The Bertz CT molecular complexity index is 639. The van der Waals surface area contributed by atoms with Crippen molar-refractivity contribution in [1.29, 1.82) is 0 Å². The number of fused-ring (bicyclic) bond motifs is 2. The second kappa shape index (κ2) is 5.47. The predicted molar refractivity (Wildman–Crippen MR) is 77.9 cm³/mol. The van der Waals surface area contributed by atoms with Crippen molar-refractivity contribution in [2.75, 3.05) is 0 Å². The number of hydrogen-bond donors (Lipinski definition) is 1. The maximum absolute atomic E-state index is 11.9. The fourth-order valence-electron chi connectivity index (χ4n) is 3.01. The number of nitrogens with zero attached hydrogens (tertiary/aromatic N) is 2. The number of allylic oxidation sites excluding steroid dienone is 2. The van der Waals surface area contributed by atoms with Crippen molar-refractivity contribution >= 4 is 17.8 Å². The maximum Gasteiger partial charge on any atom is 0.271 e. The van der Waals surface area contributed by atoms with Crippen LogP contribution in [0.2, 0.25) is 0 Å². The molecule has 0 spiro atoms. The number of nitro groups is 1. The second-order valence-corrected chi connectivity index (χ2v) is 5.47. The van der Waals surface area contributed by atoms with Gasteiger partial charge >= 0.3 is 0 Å². The van der Waals surface area contributed by atoms with E-state index >= 15 is 0 Å². The lowest BCUT2D eigenvalue weighted by Gasteiger charge is -2.11. The van der Waals surface area contributed by atoms with Gasteiger partial charge in [-0.3, -0.25) is 14.9 Å². The van der Waals surface area contributed by atoms with Crippen LogP contribution in [0.4, 0.5) is 5.69 Å². The van der Waals surface area contributed by atoms with Crippen LogP contribution in [0.5, 0.6) is 0 Å². The summed E-state index contributed by atoms with van der Waals surface area (Å²) in [5, 5.41) is 14.7. The number of nitrogens with one attached hydrogen (secondary N) is 1. The van der Waals surface area contributed by atoms with Crippen molar-refractivity contribution in [3.8, 4) is 0 Å². The number of hydrazone groups is 1. The van der Waals surface area contributed by atoms with Crippen LogP contribution in [0, 0.1) is 27.9 Å². The molecule has 1 aromatic carbocycles. The highest BCUT2D eigenvalue weighted by atomic mass is 16.6. The maximum atomic E-state index is 11.9. The normalized spacial score (nSPS) is 26.4. The smallest absolute Gasteiger partial charge is 0.267 e. The van der Waals surface area contributed by atoms with Gasteiger partial charge < -0.3 is 0 Å². The standard InChI is InChI=1S/C15H15N3O3/c19-15(12-2-1-3-14(8-12)18(20)21)17-16-9-13-7-10-4-5-11(13)6-10/h1-5,8-11,13H,6-7H2,(H,17,19). The minimum atomic E-state index is -0.526. The quantitative estimate of drug-likeness (QED) is 0.399. The van der Waals surface area contributed by atoms with Crippen LogP contribution in [0.15, 0.2) is 41.5 Å². The van der Waals surface area contributed by atoms with E-state index in [0.717, 1.165) is 6.42 Å². The fourth-order valence-corrected chi connectivity index (χ4v) is 3.01. The number of non-ortho nitro benzene ring substituents is 1. The van der Waals surface area contributed by atoms with E-state index in [4.69, 9.17) is 0 Å². The Hall–Kier alpha value is -2.50. The van der Waals surface area contributed by atoms with E-state index in [-0.39, 0.29) is 11.3 Å². The molecule has 108 valence electrons. The Labute approximate surface area is 121 Å². The van der Waals surface area contributed by atoms with Crippen molar-refractivity contribution in [1.82, 2.24) is 5.43 Å². The van der Waals surface area contributed by atoms with E-state index in [0.29, 0.717) is 17.8 Å². The summed E-state index contributed by atoms with van der Waals surface area (Å²) in [6.07, 6.45) is 8.50. The predicted octanol–water partition coefficient (Wildman–Crippen LogP) is 2.52. The molecule has 2 aliphatic rings. The second-order valence-electron chi connectivity index (χ2n) is 5.47. The molecule has 1 N–H and O–H groups in total. The summed E-state index contributed by atoms with van der Waals surface area (Å²) >= 11 is 0. The molecule has 2 aliphatic carbocycles. The summed E-state index contributed by atoms with van der Waals surface area (Å²) in [5.74, 6) is 1.13. The molecule has 2 bridgehead atoms. The van der Waals surface area contributed by atoms with Crippen molar-refractivity contribution in [3.05, 3.63) is 52.1 Å². The molecule has 1 aromatic rings. The third-order valence-corrected chi connectivity index (χ3v) is 4.08. The van der Waals surface area contributed by atoms with Crippen LogP contribution < -0.4 is 5.43 Å². The first-order valence-electron chi connectivity index (χ1n) is 6.90. The van der Waals surface area contributed by atoms with Crippen LogP contribution in [-0.2, 0) is 0 Å². The number of nitro benzene ring substituents is 1. The van der Waals surface area contributed by atoms with Crippen LogP contribution in [-0.4, -0.2) is 17.0 Å². The molecule has 3 atom stereocenters. The molecule has 0 aliphatic heterocycles. The average molecular weight is 285 g/mol. The van der Waals surface area contributed by atoms with Gasteiger partial charge in [-0.15, -0.1) is 0 Å². The molecule has 0 saturated heterocycles. The van der Waals surface area contributed by atoms with Crippen molar-refractivity contribution in [2.45, 2.75) is 12.8 Å². The minimum Gasteiger partial charge on any atom is -0.267 e. The Morgan fingerprint density at radius 1 is 1.38 bits per heavy atom. The molecular formula is C15H15N3O3. The topological polar surface area (TPSA) is 84.6 Å². The highest BCUT2D eigenvalue weighted by Gasteiger charge is 2.34. The summed E-state index contributed by atoms with van der Waals surface area (Å²) in [7, 11) is 0. The van der Waals surface area contributed by atoms with Gasteiger partial charge in [0.05, 0.1) is 4.92 Å². The number of benzene rings is 1. The minimum absolute atomic E-state index is 0.107. The number of hydrogen-bond acceptors (Lipinski definition) is 4. The zero-order valence-electron chi connectivity index (χ0n) is 11.3. The van der Waals surface area contributed by atoms with Crippen LogP contribution in [0.25, 0.3) is 0 Å². The SMILES string of the molecule is O=C(NN=CC1CC2C=CC1C2)c1cccc([N+](=O)[O-])c1. The first kappa shape index (κ1) is 13.5. The van der Waals surface area contributed by atoms with Gasteiger partial charge in [0.15, 0.2) is 0 Å². The molecule has 6 heteroatoms. The Morgan fingerprint density at radius 2 is 2.24 bits per heavy atom. The molecule has 0 heterocycles. The van der Waals surface area contributed by atoms with Gasteiger partial charge in [0, 0.05) is 29.8 Å². The first-order chi connectivity index (χ1) is 10.1. The van der Waals surface area contributed by atoms with Gasteiger partial charge in [0.1, 0.15) is 0 Å². The number of rotatable bonds is 4. The molecule has 6 nitrogen and oxygen atoms in total. The lowest BCUT2D eigenvalue weighted by atomic mass is 9.95. The van der Waals surface area contributed by atoms with Crippen molar-refractivity contribution in [3.63, 3.8) is 0 Å². The molecule has 1 fully saturated rings. The monoisotopic (exact) mass is 285 g/mol. The van der Waals surface area contributed by atoms with E-state index < -0.39 is 10.8 Å². The lowest BCUT2D eigenvalue weighted by molar-refractivity contribution is -0.384. The first-order valence-corrected chi connectivity index (χ1v) is 6.90. The van der Waals surface area contributed by atoms with Gasteiger partial charge in [-0.25, -0.2) is 5.43 Å². The van der Waals surface area contributed by atoms with Gasteiger partial charge in [0.25, 0.3) is 11.6 Å². The van der Waals surface area contributed by atoms with E-state index in [2.05, 4.69) is 22.7 Å². The van der Waals surface area contributed by atoms with Gasteiger partial charge in [0.2, 0.25) is 0 Å². The summed E-state index contributed by atoms with van der Waals surface area (Å²) in [4.78, 5) is 22.0. The number of carbonyl (C=O) groups excluding carboxylic acids is 1. The van der Waals surface area contributed by atoms with Crippen molar-refractivity contribution in [2.24, 2.45) is 22.9 Å². The highest BCUT2D eigenvalue weighted by Crippen LogP contribution is 2.42. The van der Waals surface area contributed by atoms with Gasteiger partial charge in [-0.2, -0.15) is 5.10 Å². The Balaban J connectivity index is 1.60. The highest BCUT2D eigenvalue weighted by molar-refractivity contribution is 5.94. The van der Waals surface area contributed by atoms with E-state index in [1.807, 2.05) is 0 Å². The lowest BCUT2D eigenvalue weighted by Crippen LogP contribution is -2.19.